The van der Waals surface area contributed by atoms with Crippen molar-refractivity contribution in [3.8, 4) is 0 Å². The normalized spacial score (nSPS) is 18.2. The number of hydrogen-bond acceptors (Lipinski definition) is 4. The fraction of sp³-hybridized carbons (Fsp3) is 0.462. The van der Waals surface area contributed by atoms with Gasteiger partial charge in [0.05, 0.1) is 11.7 Å². The molecular weight excluding hydrogens is 420 g/mol. The summed E-state index contributed by atoms with van der Waals surface area (Å²) in [6, 6.07) is 8.22. The maximum absolute atomic E-state index is 13.1. The molecule has 2 aromatic rings. The first kappa shape index (κ1) is 22.7. The van der Waals surface area contributed by atoms with Crippen LogP contribution in [0.1, 0.15) is 77.4 Å². The third-order valence-electron chi connectivity index (χ3n) is 6.18. The van der Waals surface area contributed by atoms with E-state index in [1.165, 1.54) is 16.5 Å². The third-order valence-corrected chi connectivity index (χ3v) is 7.39. The molecule has 32 heavy (non-hydrogen) atoms. The lowest BCUT2D eigenvalue weighted by Gasteiger charge is -2.15. The molecule has 170 valence electrons. The first-order valence-electron chi connectivity index (χ1n) is 11.6. The molecule has 2 heterocycles. The summed E-state index contributed by atoms with van der Waals surface area (Å²) in [6.45, 7) is 5.60. The zero-order valence-corrected chi connectivity index (χ0v) is 19.7. The van der Waals surface area contributed by atoms with Crippen LogP contribution in [0.3, 0.4) is 0 Å². The maximum atomic E-state index is 13.1. The molecule has 0 saturated carbocycles. The standard InChI is InChI=1S/C26H32N2O3S/c1-17(2)19-12-9-18(10-13-19)11-14-23(29)28-26-24(21-7-3-4-8-22(21)32-26)25(30)27-16-20-6-5-15-31-20/h9-14,17,20H,3-8,15-16H2,1-2H3,(H,27,30)(H,28,29)/b14-11+. The van der Waals surface area contributed by atoms with Crippen molar-refractivity contribution in [1.29, 1.82) is 0 Å². The van der Waals surface area contributed by atoms with Crippen molar-refractivity contribution in [2.24, 2.45) is 0 Å². The molecule has 1 saturated heterocycles. The Labute approximate surface area is 194 Å². The SMILES string of the molecule is CC(C)c1ccc(/C=C/C(=O)Nc2sc3c(c2C(=O)NCC2CCCO2)CCCC3)cc1. The second-order valence-corrected chi connectivity index (χ2v) is 10.0. The van der Waals surface area contributed by atoms with E-state index in [4.69, 9.17) is 4.74 Å². The van der Waals surface area contributed by atoms with Crippen molar-refractivity contribution in [1.82, 2.24) is 5.32 Å². The quantitative estimate of drug-likeness (QED) is 0.560. The van der Waals surface area contributed by atoms with Crippen molar-refractivity contribution >= 4 is 34.2 Å². The third kappa shape index (κ3) is 5.48. The lowest BCUT2D eigenvalue weighted by atomic mass is 9.95. The van der Waals surface area contributed by atoms with Crippen molar-refractivity contribution < 1.29 is 14.3 Å². The molecule has 1 atom stereocenters. The summed E-state index contributed by atoms with van der Waals surface area (Å²) in [5, 5.41) is 6.67. The molecule has 4 rings (SSSR count). The number of rotatable bonds is 7. The molecule has 0 spiro atoms. The fourth-order valence-corrected chi connectivity index (χ4v) is 5.60. The number of benzene rings is 1. The number of nitrogens with one attached hydrogen (secondary N) is 2. The molecule has 0 bridgehead atoms. The minimum absolute atomic E-state index is 0.0940. The molecule has 1 aliphatic carbocycles. The van der Waals surface area contributed by atoms with E-state index in [1.807, 2.05) is 18.2 Å². The van der Waals surface area contributed by atoms with Gasteiger partial charge in [0.25, 0.3) is 5.91 Å². The van der Waals surface area contributed by atoms with E-state index in [-0.39, 0.29) is 17.9 Å². The van der Waals surface area contributed by atoms with E-state index in [0.29, 0.717) is 23.0 Å². The minimum atomic E-state index is -0.218. The largest absolute Gasteiger partial charge is 0.376 e. The number of fused-ring (bicyclic) bond motifs is 1. The summed E-state index contributed by atoms with van der Waals surface area (Å²) < 4.78 is 5.63. The average molecular weight is 453 g/mol. The van der Waals surface area contributed by atoms with Crippen LogP contribution in [0.4, 0.5) is 5.00 Å². The van der Waals surface area contributed by atoms with E-state index >= 15 is 0 Å². The highest BCUT2D eigenvalue weighted by Crippen LogP contribution is 2.38. The predicted molar refractivity (Wildman–Crippen MR) is 130 cm³/mol. The monoisotopic (exact) mass is 452 g/mol. The summed E-state index contributed by atoms with van der Waals surface area (Å²) in [6.07, 6.45) is 9.54. The Morgan fingerprint density at radius 3 is 2.66 bits per heavy atom. The highest BCUT2D eigenvalue weighted by atomic mass is 32.1. The number of ether oxygens (including phenoxy) is 1. The number of thiophene rings is 1. The number of amides is 2. The average Bonchev–Trinajstić information content (AvgIpc) is 3.44. The van der Waals surface area contributed by atoms with Crippen molar-refractivity contribution in [2.45, 2.75) is 64.4 Å². The van der Waals surface area contributed by atoms with Gasteiger partial charge in [-0.05, 0) is 67.2 Å². The molecule has 2 aliphatic rings. The summed E-state index contributed by atoms with van der Waals surface area (Å²) in [4.78, 5) is 27.0. The van der Waals surface area contributed by atoms with Gasteiger partial charge < -0.3 is 15.4 Å². The van der Waals surface area contributed by atoms with Crippen LogP contribution >= 0.6 is 11.3 Å². The highest BCUT2D eigenvalue weighted by Gasteiger charge is 2.27. The molecule has 1 aromatic heterocycles. The van der Waals surface area contributed by atoms with Crippen LogP contribution in [0, 0.1) is 0 Å². The van der Waals surface area contributed by atoms with Crippen LogP contribution in [-0.2, 0) is 22.4 Å². The summed E-state index contributed by atoms with van der Waals surface area (Å²) in [7, 11) is 0. The van der Waals surface area contributed by atoms with E-state index < -0.39 is 0 Å². The molecular formula is C26H32N2O3S. The van der Waals surface area contributed by atoms with Crippen molar-refractivity contribution in [3.05, 3.63) is 57.5 Å². The zero-order valence-electron chi connectivity index (χ0n) is 18.9. The number of anilines is 1. The molecule has 1 fully saturated rings. The van der Waals surface area contributed by atoms with E-state index in [1.54, 1.807) is 11.3 Å². The number of carbonyl (C=O) groups is 2. The Kier molecular flexibility index (Phi) is 7.43. The Hall–Kier alpha value is -2.44. The number of carbonyl (C=O) groups excluding carboxylic acids is 2. The van der Waals surface area contributed by atoms with Crippen LogP contribution in [0.25, 0.3) is 6.08 Å². The lowest BCUT2D eigenvalue weighted by Crippen LogP contribution is -2.32. The minimum Gasteiger partial charge on any atom is -0.376 e. The van der Waals surface area contributed by atoms with Gasteiger partial charge in [0.1, 0.15) is 5.00 Å². The Morgan fingerprint density at radius 2 is 1.94 bits per heavy atom. The van der Waals surface area contributed by atoms with Crippen LogP contribution in [0.15, 0.2) is 30.3 Å². The molecule has 5 nitrogen and oxygen atoms in total. The zero-order chi connectivity index (χ0) is 22.5. The molecule has 1 unspecified atom stereocenters. The van der Waals surface area contributed by atoms with Crippen LogP contribution in [0.5, 0.6) is 0 Å². The van der Waals surface area contributed by atoms with Gasteiger partial charge in [-0.25, -0.2) is 0 Å². The van der Waals surface area contributed by atoms with Gasteiger partial charge in [0.2, 0.25) is 5.91 Å². The molecule has 6 heteroatoms. The smallest absolute Gasteiger partial charge is 0.254 e. The van der Waals surface area contributed by atoms with Gasteiger partial charge >= 0.3 is 0 Å². The molecule has 1 aliphatic heterocycles. The first-order valence-corrected chi connectivity index (χ1v) is 12.5. The number of hydrogen-bond donors (Lipinski definition) is 2. The van der Waals surface area contributed by atoms with Crippen molar-refractivity contribution in [2.75, 3.05) is 18.5 Å². The van der Waals surface area contributed by atoms with E-state index in [9.17, 15) is 9.59 Å². The van der Waals surface area contributed by atoms with E-state index in [0.717, 1.165) is 56.3 Å². The molecule has 1 aromatic carbocycles. The highest BCUT2D eigenvalue weighted by molar-refractivity contribution is 7.17. The Morgan fingerprint density at radius 1 is 1.16 bits per heavy atom. The molecule has 2 amide bonds. The lowest BCUT2D eigenvalue weighted by molar-refractivity contribution is -0.111. The second-order valence-electron chi connectivity index (χ2n) is 8.90. The Bertz CT molecular complexity index is 985. The summed E-state index contributed by atoms with van der Waals surface area (Å²) >= 11 is 1.55. The number of aryl methyl sites for hydroxylation is 1. The molecule has 0 radical (unpaired) electrons. The predicted octanol–water partition coefficient (Wildman–Crippen LogP) is 5.31. The Balaban J connectivity index is 1.46. The van der Waals surface area contributed by atoms with Crippen molar-refractivity contribution in [3.63, 3.8) is 0 Å². The van der Waals surface area contributed by atoms with Crippen LogP contribution in [0.2, 0.25) is 0 Å². The molecule has 2 N–H and O–H groups in total. The second kappa shape index (κ2) is 10.5. The van der Waals surface area contributed by atoms with Gasteiger partial charge in [-0.1, -0.05) is 38.1 Å². The van der Waals surface area contributed by atoms with Gasteiger partial charge in [0, 0.05) is 24.1 Å². The first-order chi connectivity index (χ1) is 15.5. The van der Waals surface area contributed by atoms with Gasteiger partial charge in [-0.3, -0.25) is 9.59 Å². The fourth-order valence-electron chi connectivity index (χ4n) is 4.31. The van der Waals surface area contributed by atoms with Crippen LogP contribution in [-0.4, -0.2) is 31.1 Å². The summed E-state index contributed by atoms with van der Waals surface area (Å²) in [5.74, 6) is 0.152. The van der Waals surface area contributed by atoms with Crippen LogP contribution < -0.4 is 10.6 Å². The summed E-state index contributed by atoms with van der Waals surface area (Å²) in [5.41, 5.74) is 4.00. The maximum Gasteiger partial charge on any atom is 0.254 e. The van der Waals surface area contributed by atoms with E-state index in [2.05, 4.69) is 36.6 Å². The van der Waals surface area contributed by atoms with Gasteiger partial charge in [0.15, 0.2) is 0 Å². The van der Waals surface area contributed by atoms with Gasteiger partial charge in [-0.2, -0.15) is 0 Å². The van der Waals surface area contributed by atoms with Gasteiger partial charge in [-0.15, -0.1) is 11.3 Å². The topological polar surface area (TPSA) is 67.4 Å².